The molecule has 0 aromatic carbocycles. The van der Waals surface area contributed by atoms with E-state index in [1.807, 2.05) is 11.0 Å². The molecule has 0 saturated carbocycles. The SMILES string of the molecule is N#Cc1ncnc(N2CCNCC2)n1. The van der Waals surface area contributed by atoms with Crippen molar-refractivity contribution in [2.75, 3.05) is 31.1 Å². The molecule has 2 heterocycles. The van der Waals surface area contributed by atoms with E-state index in [-0.39, 0.29) is 5.82 Å². The van der Waals surface area contributed by atoms with E-state index in [1.165, 1.54) is 6.33 Å². The van der Waals surface area contributed by atoms with Crippen LogP contribution in [0.1, 0.15) is 5.82 Å². The molecule has 1 aliphatic rings. The third kappa shape index (κ3) is 1.78. The zero-order valence-corrected chi connectivity index (χ0v) is 7.64. The molecule has 1 saturated heterocycles. The molecule has 1 aromatic heterocycles. The molecule has 1 aliphatic heterocycles. The number of rotatable bonds is 1. The van der Waals surface area contributed by atoms with E-state index in [1.54, 1.807) is 0 Å². The Labute approximate surface area is 81.6 Å². The molecule has 6 nitrogen and oxygen atoms in total. The van der Waals surface area contributed by atoms with E-state index in [2.05, 4.69) is 20.3 Å². The maximum absolute atomic E-state index is 8.63. The third-order valence-electron chi connectivity index (χ3n) is 2.06. The van der Waals surface area contributed by atoms with Gasteiger partial charge < -0.3 is 10.2 Å². The predicted octanol–water partition coefficient (Wildman–Crippen LogP) is -0.847. The Morgan fingerprint density at radius 3 is 2.86 bits per heavy atom. The first-order valence-corrected chi connectivity index (χ1v) is 4.45. The molecule has 0 radical (unpaired) electrons. The molecule has 72 valence electrons. The Balaban J connectivity index is 2.18. The minimum absolute atomic E-state index is 0.175. The summed E-state index contributed by atoms with van der Waals surface area (Å²) in [6, 6.07) is 1.90. The van der Waals surface area contributed by atoms with E-state index in [0.717, 1.165) is 26.2 Å². The van der Waals surface area contributed by atoms with Crippen LogP contribution in [0.3, 0.4) is 0 Å². The average molecular weight is 190 g/mol. The van der Waals surface area contributed by atoms with Crippen molar-refractivity contribution in [1.82, 2.24) is 20.3 Å². The van der Waals surface area contributed by atoms with Crippen molar-refractivity contribution >= 4 is 5.95 Å². The summed E-state index contributed by atoms with van der Waals surface area (Å²) in [7, 11) is 0. The second-order valence-corrected chi connectivity index (χ2v) is 2.96. The van der Waals surface area contributed by atoms with Crippen LogP contribution in [-0.2, 0) is 0 Å². The van der Waals surface area contributed by atoms with Crippen LogP contribution in [0.15, 0.2) is 6.33 Å². The van der Waals surface area contributed by atoms with Gasteiger partial charge in [-0.1, -0.05) is 0 Å². The van der Waals surface area contributed by atoms with Crippen LogP contribution < -0.4 is 10.2 Å². The lowest BCUT2D eigenvalue weighted by Gasteiger charge is -2.26. The minimum atomic E-state index is 0.175. The summed E-state index contributed by atoms with van der Waals surface area (Å²) >= 11 is 0. The van der Waals surface area contributed by atoms with Gasteiger partial charge in [-0.3, -0.25) is 0 Å². The summed E-state index contributed by atoms with van der Waals surface area (Å²) in [5.41, 5.74) is 0. The van der Waals surface area contributed by atoms with Gasteiger partial charge in [0.25, 0.3) is 0 Å². The van der Waals surface area contributed by atoms with Crippen molar-refractivity contribution in [1.29, 1.82) is 5.26 Å². The lowest BCUT2D eigenvalue weighted by molar-refractivity contribution is 0.578. The molecule has 0 atom stereocenters. The summed E-state index contributed by atoms with van der Waals surface area (Å²) < 4.78 is 0. The highest BCUT2D eigenvalue weighted by Crippen LogP contribution is 2.05. The molecule has 0 aliphatic carbocycles. The van der Waals surface area contributed by atoms with E-state index in [0.29, 0.717) is 5.95 Å². The zero-order valence-electron chi connectivity index (χ0n) is 7.64. The number of anilines is 1. The number of hydrogen-bond donors (Lipinski definition) is 1. The van der Waals surface area contributed by atoms with E-state index < -0.39 is 0 Å². The summed E-state index contributed by atoms with van der Waals surface area (Å²) in [6.07, 6.45) is 1.38. The van der Waals surface area contributed by atoms with Crippen LogP contribution in [0.4, 0.5) is 5.95 Å². The highest BCUT2D eigenvalue weighted by Gasteiger charge is 2.13. The summed E-state index contributed by atoms with van der Waals surface area (Å²) in [5, 5.41) is 11.9. The standard InChI is InChI=1S/C8H10N6/c9-5-7-11-6-12-8(13-7)14-3-1-10-2-4-14/h6,10H,1-4H2. The molecule has 2 rings (SSSR count). The van der Waals surface area contributed by atoms with Crippen molar-refractivity contribution in [3.63, 3.8) is 0 Å². The first-order valence-electron chi connectivity index (χ1n) is 4.45. The molecule has 0 unspecified atom stereocenters. The predicted molar refractivity (Wildman–Crippen MR) is 49.6 cm³/mol. The van der Waals surface area contributed by atoms with Crippen molar-refractivity contribution in [2.45, 2.75) is 0 Å². The van der Waals surface area contributed by atoms with Crippen molar-refractivity contribution in [3.05, 3.63) is 12.2 Å². The number of nitriles is 1. The normalized spacial score (nSPS) is 16.4. The molecule has 0 amide bonds. The van der Waals surface area contributed by atoms with Gasteiger partial charge in [0, 0.05) is 26.2 Å². The van der Waals surface area contributed by atoms with Crippen LogP contribution in [0.5, 0.6) is 0 Å². The molecule has 14 heavy (non-hydrogen) atoms. The second-order valence-electron chi connectivity index (χ2n) is 2.96. The van der Waals surface area contributed by atoms with Crippen molar-refractivity contribution < 1.29 is 0 Å². The Bertz CT molecular complexity index is 351. The highest BCUT2D eigenvalue weighted by molar-refractivity contribution is 5.31. The van der Waals surface area contributed by atoms with E-state index in [4.69, 9.17) is 5.26 Å². The first-order chi connectivity index (χ1) is 6.90. The molecule has 1 aromatic rings. The largest absolute Gasteiger partial charge is 0.338 e. The Hall–Kier alpha value is -1.74. The lowest BCUT2D eigenvalue weighted by atomic mass is 10.4. The number of nitrogens with one attached hydrogen (secondary N) is 1. The fourth-order valence-corrected chi connectivity index (χ4v) is 1.36. The summed E-state index contributed by atoms with van der Waals surface area (Å²) in [4.78, 5) is 13.8. The first kappa shape index (κ1) is 8.84. The zero-order chi connectivity index (χ0) is 9.80. The summed E-state index contributed by atoms with van der Waals surface area (Å²) in [6.45, 7) is 3.59. The van der Waals surface area contributed by atoms with Gasteiger partial charge in [-0.05, 0) is 0 Å². The maximum Gasteiger partial charge on any atom is 0.236 e. The molecular weight excluding hydrogens is 180 g/mol. The second kappa shape index (κ2) is 3.98. The monoisotopic (exact) mass is 190 g/mol. The van der Waals surface area contributed by atoms with Gasteiger partial charge in [0.05, 0.1) is 0 Å². The molecular formula is C8H10N6. The van der Waals surface area contributed by atoms with Gasteiger partial charge in [0.2, 0.25) is 11.8 Å². The molecule has 6 heteroatoms. The average Bonchev–Trinajstić information content (AvgIpc) is 2.30. The third-order valence-corrected chi connectivity index (χ3v) is 2.06. The van der Waals surface area contributed by atoms with E-state index in [9.17, 15) is 0 Å². The van der Waals surface area contributed by atoms with Gasteiger partial charge in [-0.2, -0.15) is 10.2 Å². The van der Waals surface area contributed by atoms with Crippen LogP contribution in [0, 0.1) is 11.3 Å². The van der Waals surface area contributed by atoms with E-state index >= 15 is 0 Å². The number of nitrogens with zero attached hydrogens (tertiary/aromatic N) is 5. The topological polar surface area (TPSA) is 77.7 Å². The van der Waals surface area contributed by atoms with Crippen molar-refractivity contribution in [2.24, 2.45) is 0 Å². The molecule has 0 spiro atoms. The van der Waals surface area contributed by atoms with Crippen LogP contribution in [0.25, 0.3) is 0 Å². The van der Waals surface area contributed by atoms with Crippen LogP contribution >= 0.6 is 0 Å². The van der Waals surface area contributed by atoms with Gasteiger partial charge in [-0.15, -0.1) is 0 Å². The Morgan fingerprint density at radius 1 is 1.36 bits per heavy atom. The number of aromatic nitrogens is 3. The lowest BCUT2D eigenvalue weighted by Crippen LogP contribution is -2.44. The highest BCUT2D eigenvalue weighted by atomic mass is 15.3. The smallest absolute Gasteiger partial charge is 0.236 e. The van der Waals surface area contributed by atoms with Crippen LogP contribution in [-0.4, -0.2) is 41.1 Å². The fraction of sp³-hybridized carbons (Fsp3) is 0.500. The van der Waals surface area contributed by atoms with Gasteiger partial charge in [-0.25, -0.2) is 9.97 Å². The number of hydrogen-bond acceptors (Lipinski definition) is 6. The van der Waals surface area contributed by atoms with Crippen molar-refractivity contribution in [3.8, 4) is 6.07 Å². The maximum atomic E-state index is 8.63. The van der Waals surface area contributed by atoms with Crippen LogP contribution in [0.2, 0.25) is 0 Å². The van der Waals surface area contributed by atoms with Gasteiger partial charge in [0.1, 0.15) is 12.4 Å². The molecule has 0 bridgehead atoms. The summed E-state index contributed by atoms with van der Waals surface area (Å²) in [5.74, 6) is 0.770. The quantitative estimate of drug-likeness (QED) is 0.621. The molecule has 1 N–H and O–H groups in total. The fourth-order valence-electron chi connectivity index (χ4n) is 1.36. The Kier molecular flexibility index (Phi) is 2.51. The van der Waals surface area contributed by atoms with Gasteiger partial charge >= 0.3 is 0 Å². The van der Waals surface area contributed by atoms with Gasteiger partial charge in [0.15, 0.2) is 0 Å². The number of piperazine rings is 1. The Morgan fingerprint density at radius 2 is 2.14 bits per heavy atom. The molecule has 1 fully saturated rings. The minimum Gasteiger partial charge on any atom is -0.338 e.